The van der Waals surface area contributed by atoms with Crippen molar-refractivity contribution in [2.75, 3.05) is 19.7 Å². The molecule has 0 aromatic heterocycles. The molecule has 1 rings (SSSR count). The van der Waals surface area contributed by atoms with E-state index in [0.29, 0.717) is 0 Å². The maximum absolute atomic E-state index is 7.50. The summed E-state index contributed by atoms with van der Waals surface area (Å²) in [5, 5.41) is 2.28. The van der Waals surface area contributed by atoms with Crippen LogP contribution in [-0.2, 0) is 4.74 Å². The molecule has 1 saturated heterocycles. The number of rotatable bonds is 0. The Bertz CT molecular complexity index is 255. The Morgan fingerprint density at radius 2 is 2.75 bits per heavy atom. The Morgan fingerprint density at radius 3 is 3.25 bits per heavy atom. The Labute approximate surface area is 61.5 Å². The molecule has 0 aromatic rings. The van der Waals surface area contributed by atoms with E-state index in [2.05, 4.69) is 10.1 Å². The molecular weight excluding hydrogens is 102 g/mol. The zero-order chi connectivity index (χ0) is 12.8. The molecule has 0 radical (unpaired) electrons. The minimum atomic E-state index is -3.04. The molecule has 0 saturated carbocycles. The predicted molar refractivity (Wildman–Crippen MR) is 32.9 cm³/mol. The van der Waals surface area contributed by atoms with Crippen LogP contribution in [0.1, 0.15) is 24.7 Å². The first kappa shape index (κ1) is 1.50. The lowest BCUT2D eigenvalue weighted by molar-refractivity contribution is 0.0436. The minimum absolute atomic E-state index is 0.0176. The molecule has 8 heavy (non-hydrogen) atoms. The molecule has 1 fully saturated rings. The van der Waals surface area contributed by atoms with E-state index in [-0.39, 0.29) is 13.2 Å². The largest absolute Gasteiger partial charge is 0.378 e. The molecule has 0 bridgehead atoms. The summed E-state index contributed by atoms with van der Waals surface area (Å²) in [5.41, 5.74) is -2.69. The lowest BCUT2D eigenvalue weighted by atomic mass is 10.1. The summed E-state index contributed by atoms with van der Waals surface area (Å²) in [5.74, 6) is 0. The number of hydrogen-bond donors (Lipinski definition) is 1. The summed E-state index contributed by atoms with van der Waals surface area (Å²) in [7, 11) is 0. The molecule has 0 aromatic carbocycles. The van der Waals surface area contributed by atoms with E-state index < -0.39 is 25.8 Å². The Balaban J connectivity index is 3.34. The standard InChI is InChI=1S/C6H13NO/c1-6(2)5-8-4-3-7-6/h7H,3-5H2,1-2H3/i1D3,2D3,5D2. The Kier molecular flexibility index (Phi) is 0.380. The van der Waals surface area contributed by atoms with Crippen LogP contribution < -0.4 is 5.32 Å². The van der Waals surface area contributed by atoms with Crippen molar-refractivity contribution in [1.29, 1.82) is 0 Å². The van der Waals surface area contributed by atoms with Crippen molar-refractivity contribution in [3.63, 3.8) is 0 Å². The van der Waals surface area contributed by atoms with Gasteiger partial charge in [-0.05, 0) is 13.7 Å². The van der Waals surface area contributed by atoms with Crippen LogP contribution in [0.2, 0.25) is 0 Å². The van der Waals surface area contributed by atoms with E-state index in [4.69, 9.17) is 11.0 Å². The molecule has 1 heterocycles. The van der Waals surface area contributed by atoms with Crippen LogP contribution in [0.25, 0.3) is 0 Å². The maximum Gasteiger partial charge on any atom is 0.0643 e. The van der Waals surface area contributed by atoms with Gasteiger partial charge in [-0.1, -0.05) is 0 Å². The molecule has 0 unspecified atom stereocenters. The predicted octanol–water partition coefficient (Wildman–Crippen LogP) is 0.385. The van der Waals surface area contributed by atoms with Gasteiger partial charge < -0.3 is 10.1 Å². The molecular formula is C6H13NO. The molecule has 0 atom stereocenters. The van der Waals surface area contributed by atoms with Crippen molar-refractivity contribution in [3.05, 3.63) is 0 Å². The van der Waals surface area contributed by atoms with Gasteiger partial charge in [0.1, 0.15) is 0 Å². The van der Waals surface area contributed by atoms with E-state index in [1.165, 1.54) is 0 Å². The second-order valence-electron chi connectivity index (χ2n) is 1.63. The second kappa shape index (κ2) is 2.03. The third-order valence-electron chi connectivity index (χ3n) is 0.820. The lowest BCUT2D eigenvalue weighted by Gasteiger charge is -2.30. The van der Waals surface area contributed by atoms with Gasteiger partial charge in [-0.2, -0.15) is 0 Å². The summed E-state index contributed by atoms with van der Waals surface area (Å²) in [4.78, 5) is 0. The van der Waals surface area contributed by atoms with Gasteiger partial charge in [0.25, 0.3) is 0 Å². The van der Waals surface area contributed by atoms with Gasteiger partial charge in [0.15, 0.2) is 0 Å². The lowest BCUT2D eigenvalue weighted by Crippen LogP contribution is -2.49. The molecule has 0 amide bonds. The van der Waals surface area contributed by atoms with Gasteiger partial charge in [0.2, 0.25) is 0 Å². The Hall–Kier alpha value is -0.0800. The van der Waals surface area contributed by atoms with Crippen LogP contribution in [0.3, 0.4) is 0 Å². The van der Waals surface area contributed by atoms with E-state index in [1.807, 2.05) is 0 Å². The van der Waals surface area contributed by atoms with E-state index in [0.717, 1.165) is 0 Å². The molecule has 1 N–H and O–H groups in total. The first-order valence-corrected chi connectivity index (χ1v) is 2.35. The average Bonchev–Trinajstić information content (AvgIpc) is 1.97. The monoisotopic (exact) mass is 123 g/mol. The zero-order valence-electron chi connectivity index (χ0n) is 12.3. The zero-order valence-corrected chi connectivity index (χ0v) is 4.32. The van der Waals surface area contributed by atoms with Gasteiger partial charge in [-0.15, -0.1) is 0 Å². The fourth-order valence-electron chi connectivity index (χ4n) is 0.485. The number of nitrogens with one attached hydrogen (secondary N) is 1. The molecule has 1 aliphatic heterocycles. The smallest absolute Gasteiger partial charge is 0.0643 e. The summed E-state index contributed by atoms with van der Waals surface area (Å²) in [6.07, 6.45) is 0. The van der Waals surface area contributed by atoms with Gasteiger partial charge in [0, 0.05) is 20.3 Å². The van der Waals surface area contributed by atoms with Crippen LogP contribution in [-0.4, -0.2) is 25.2 Å². The van der Waals surface area contributed by atoms with E-state index in [1.54, 1.807) is 0 Å². The van der Waals surface area contributed by atoms with Crippen LogP contribution in [0.5, 0.6) is 0 Å². The first-order chi connectivity index (χ1) is 6.96. The number of hydrogen-bond acceptors (Lipinski definition) is 2. The average molecular weight is 123 g/mol. The van der Waals surface area contributed by atoms with E-state index >= 15 is 0 Å². The fourth-order valence-corrected chi connectivity index (χ4v) is 0.485. The highest BCUT2D eigenvalue weighted by Gasteiger charge is 2.19. The second-order valence-corrected chi connectivity index (χ2v) is 1.63. The highest BCUT2D eigenvalue weighted by Crippen LogP contribution is 2.04. The van der Waals surface area contributed by atoms with Crippen molar-refractivity contribution in [1.82, 2.24) is 5.32 Å². The molecule has 48 valence electrons. The topological polar surface area (TPSA) is 21.3 Å². The van der Waals surface area contributed by atoms with Gasteiger partial charge in [0.05, 0.1) is 15.9 Å². The normalized spacial score (nSPS) is 52.0. The van der Waals surface area contributed by atoms with Crippen LogP contribution in [0, 0.1) is 0 Å². The van der Waals surface area contributed by atoms with Crippen LogP contribution >= 0.6 is 0 Å². The molecule has 1 aliphatic rings. The summed E-state index contributed by atoms with van der Waals surface area (Å²) in [6, 6.07) is 0. The van der Waals surface area contributed by atoms with Crippen molar-refractivity contribution in [2.45, 2.75) is 19.2 Å². The van der Waals surface area contributed by atoms with Crippen molar-refractivity contribution >= 4 is 0 Å². The van der Waals surface area contributed by atoms with Gasteiger partial charge >= 0.3 is 0 Å². The Morgan fingerprint density at radius 1 is 1.88 bits per heavy atom. The summed E-state index contributed by atoms with van der Waals surface area (Å²) < 4.78 is 63.4. The number of ether oxygens (including phenoxy) is 1. The summed E-state index contributed by atoms with van der Waals surface area (Å²) >= 11 is 0. The van der Waals surface area contributed by atoms with Gasteiger partial charge in [-0.3, -0.25) is 0 Å². The molecule has 0 spiro atoms. The molecule has 2 heteroatoms. The van der Waals surface area contributed by atoms with E-state index in [9.17, 15) is 0 Å². The van der Waals surface area contributed by atoms with Gasteiger partial charge in [-0.25, -0.2) is 0 Å². The third-order valence-corrected chi connectivity index (χ3v) is 0.820. The third kappa shape index (κ3) is 1.46. The minimum Gasteiger partial charge on any atom is -0.378 e. The fraction of sp³-hybridized carbons (Fsp3) is 1.00. The van der Waals surface area contributed by atoms with Crippen molar-refractivity contribution < 1.29 is 15.7 Å². The van der Waals surface area contributed by atoms with Crippen LogP contribution in [0.15, 0.2) is 0 Å². The quantitative estimate of drug-likeness (QED) is 0.503. The highest BCUT2D eigenvalue weighted by molar-refractivity contribution is 4.79. The number of morpholine rings is 1. The van der Waals surface area contributed by atoms with Crippen molar-refractivity contribution in [2.24, 2.45) is 0 Å². The molecule has 0 aliphatic carbocycles. The highest BCUT2D eigenvalue weighted by atomic mass is 16.5. The maximum atomic E-state index is 7.50. The first-order valence-electron chi connectivity index (χ1n) is 6.35. The van der Waals surface area contributed by atoms with Crippen LogP contribution in [0.4, 0.5) is 0 Å². The van der Waals surface area contributed by atoms with Crippen molar-refractivity contribution in [3.8, 4) is 0 Å². The SMILES string of the molecule is [2H]C([2H])([2H])C1(C([2H])([2H])[2H])NCCOC1([2H])[2H]. The summed E-state index contributed by atoms with van der Waals surface area (Å²) in [6.45, 7) is -8.94. The molecule has 2 nitrogen and oxygen atoms in total.